The number of Topliss-reactive ketones (excluding diaryl/α,β-unsaturated/α-hetero) is 1. The topological polar surface area (TPSA) is 218 Å². The molecule has 8 heterocycles. The number of nitrogens with zero attached hydrogens (tertiary/aromatic N) is 12. The summed E-state index contributed by atoms with van der Waals surface area (Å²) >= 11 is 15.9. The third-order valence-corrected chi connectivity index (χ3v) is 21.4. The fourth-order valence-corrected chi connectivity index (χ4v) is 14.8. The molecule has 4 aromatic heterocycles. The molecule has 0 unspecified atom stereocenters. The number of carbonyl (C=O) groups is 1. The van der Waals surface area contributed by atoms with Gasteiger partial charge in [-0.25, -0.2) is 39.1 Å². The second kappa shape index (κ2) is 37.9. The van der Waals surface area contributed by atoms with E-state index in [0.717, 1.165) is 124 Å². The molecule has 20 nitrogen and oxygen atoms in total. The first kappa shape index (κ1) is 82.8. The average molecular weight is 1490 g/mol. The molecule has 0 saturated carbocycles. The molecule has 0 aliphatic carbocycles. The summed E-state index contributed by atoms with van der Waals surface area (Å²) < 4.78 is 18.3. The summed E-state index contributed by atoms with van der Waals surface area (Å²) in [6.45, 7) is 2.54. The number of fused-ring (bicyclic) bond motifs is 4. The van der Waals surface area contributed by atoms with Crippen LogP contribution < -0.4 is 38.6 Å². The van der Waals surface area contributed by atoms with Crippen molar-refractivity contribution in [3.8, 4) is 5.75 Å². The van der Waals surface area contributed by atoms with Crippen molar-refractivity contribution in [1.29, 1.82) is 0 Å². The summed E-state index contributed by atoms with van der Waals surface area (Å²) in [6, 6.07) is 46.4. The first-order chi connectivity index (χ1) is 47.6. The SMILES string of the molecule is C.C.C.C.Cc1ccc(C(=O)CCCSC2=Nc3c(c(=S)n(C)c(=O)n3C)C2)cc1.Cn1c2c(c(=O)n(C)c1=O)CC(CSCc1ccccc1)=N2.Cn1c2c(c(=O)n(C)c1=O)CC(Cc1ccc(OCc3ccccc3)cc1)=N2.Cn1c2c(c(=S)n(C)c1=O)CC(SCCCc1ccccc1)=N2. The van der Waals surface area contributed by atoms with Crippen LogP contribution in [-0.4, -0.2) is 81.1 Å². The standard InChI is InChI=1S/C22H21N3O3.C19H21N3O2S2.C17H19N3OS2.C16H17N3O2S.4CH4/c1-24-20-19(21(26)25(2)22(24)27)13-17(23-20)12-15-8-10-18(11-9-15)28-14-16-6-4-3-5-7-16;1-12-6-8-13(9-7-12)15(23)5-4-10-26-16-11-14-17(20-16)21(2)19(24)22(3)18(14)25;1-19-15-13(16(22)20(2)17(19)21)11-14(18-15)23-10-6-9-12-7-4-3-5-8-12;1-18-14-13(15(20)19(2)16(18)21)8-12(17-14)10-22-9-11-6-4-3-5-7-11;;;;/h3-11H,12-14H2,1-2H3;6-9H,4-5,10-11H2,1-3H3;3-5,7-8H,6,9-11H2,1-2H3;3-7H,8-10H2,1-2H3;4*1H4. The zero-order chi connectivity index (χ0) is 70.6. The van der Waals surface area contributed by atoms with Crippen LogP contribution in [0.4, 0.5) is 23.3 Å². The van der Waals surface area contributed by atoms with Crippen molar-refractivity contribution < 1.29 is 9.53 Å². The Bertz CT molecular complexity index is 5160. The van der Waals surface area contributed by atoms with Crippen LogP contribution in [0.3, 0.4) is 0 Å². The van der Waals surface area contributed by atoms with Crippen LogP contribution in [0.2, 0.25) is 0 Å². The van der Waals surface area contributed by atoms with Gasteiger partial charge in [-0.3, -0.25) is 50.9 Å². The summed E-state index contributed by atoms with van der Waals surface area (Å²) in [5, 5.41) is 2.01. The maximum atomic E-state index is 12.3. The lowest BCUT2D eigenvalue weighted by Gasteiger charge is -2.07. The second-order valence-corrected chi connectivity index (χ2v) is 28.5. The van der Waals surface area contributed by atoms with E-state index in [1.807, 2.05) is 110 Å². The number of ketones is 1. The van der Waals surface area contributed by atoms with E-state index in [1.54, 1.807) is 86.7 Å². The third kappa shape index (κ3) is 20.0. The molecule has 9 aromatic rings. The van der Waals surface area contributed by atoms with Gasteiger partial charge in [-0.2, -0.15) is 11.8 Å². The highest BCUT2D eigenvalue weighted by atomic mass is 32.2. The minimum atomic E-state index is -0.353. The molecule has 13 rings (SSSR count). The number of carbonyl (C=O) groups excluding carboxylic acids is 1. The highest BCUT2D eigenvalue weighted by molar-refractivity contribution is 8.14. The molecule has 4 aliphatic rings. The van der Waals surface area contributed by atoms with E-state index in [2.05, 4.69) is 56.4 Å². The van der Waals surface area contributed by atoms with Gasteiger partial charge in [0, 0.05) is 135 Å². The Morgan fingerprint density at radius 2 is 0.854 bits per heavy atom. The van der Waals surface area contributed by atoms with E-state index in [-0.39, 0.29) is 69.4 Å². The smallest absolute Gasteiger partial charge is 0.332 e. The van der Waals surface area contributed by atoms with Crippen LogP contribution in [0, 0.1) is 16.2 Å². The molecule has 0 amide bonds. The van der Waals surface area contributed by atoms with Gasteiger partial charge in [-0.15, -0.1) is 23.5 Å². The number of ether oxygens (including phenoxy) is 1. The van der Waals surface area contributed by atoms with Crippen molar-refractivity contribution in [3.05, 3.63) is 267 Å². The molecule has 25 heteroatoms. The lowest BCUT2D eigenvalue weighted by atomic mass is 10.0. The van der Waals surface area contributed by atoms with Crippen LogP contribution in [0.25, 0.3) is 0 Å². The number of hydrogen-bond donors (Lipinski definition) is 0. The number of thioether (sulfide) groups is 3. The Labute approximate surface area is 625 Å². The number of aliphatic imine (C=N–C) groups is 4. The molecule has 0 radical (unpaired) electrons. The number of rotatable bonds is 18. The van der Waals surface area contributed by atoms with Crippen LogP contribution >= 0.6 is 59.7 Å². The first-order valence-corrected chi connectivity index (χ1v) is 36.2. The van der Waals surface area contributed by atoms with E-state index in [1.165, 1.54) is 43.5 Å². The highest BCUT2D eigenvalue weighted by Crippen LogP contribution is 2.32. The summed E-state index contributed by atoms with van der Waals surface area (Å²) in [7, 11) is 13.2. The van der Waals surface area contributed by atoms with Crippen molar-refractivity contribution in [1.82, 2.24) is 36.5 Å². The molecule has 103 heavy (non-hydrogen) atoms. The fraction of sp³-hybridized carbons (Fsp3) is 0.346. The molecule has 0 N–H and O–H groups in total. The summed E-state index contributed by atoms with van der Waals surface area (Å²) in [6.07, 6.45) is 6.55. The fourth-order valence-electron chi connectivity index (χ4n) is 11.5. The summed E-state index contributed by atoms with van der Waals surface area (Å²) in [4.78, 5) is 103. The zero-order valence-electron chi connectivity index (χ0n) is 56.9. The second-order valence-electron chi connectivity index (χ2n) is 24.4. The third-order valence-electron chi connectivity index (χ3n) is 17.2. The van der Waals surface area contributed by atoms with E-state index < -0.39 is 0 Å². The molecule has 0 saturated heterocycles. The Morgan fingerprint density at radius 1 is 0.437 bits per heavy atom. The molecule has 0 atom stereocenters. The van der Waals surface area contributed by atoms with E-state index >= 15 is 0 Å². The van der Waals surface area contributed by atoms with Crippen molar-refractivity contribution >= 4 is 110 Å². The molecule has 4 aliphatic heterocycles. The van der Waals surface area contributed by atoms with E-state index in [0.29, 0.717) is 76.6 Å². The Morgan fingerprint density at radius 3 is 1.34 bits per heavy atom. The van der Waals surface area contributed by atoms with Gasteiger partial charge in [0.05, 0.1) is 21.2 Å². The van der Waals surface area contributed by atoms with E-state index in [9.17, 15) is 33.6 Å². The number of aromatic nitrogens is 8. The number of aryl methyl sites for hydroxylation is 2. The molecular weight excluding hydrogens is 1390 g/mol. The van der Waals surface area contributed by atoms with Gasteiger partial charge in [0.25, 0.3) is 11.1 Å². The van der Waals surface area contributed by atoms with E-state index in [4.69, 9.17) is 29.2 Å². The van der Waals surface area contributed by atoms with Gasteiger partial charge in [0.1, 0.15) is 44.9 Å². The first-order valence-electron chi connectivity index (χ1n) is 32.3. The van der Waals surface area contributed by atoms with Crippen LogP contribution in [-0.2, 0) is 107 Å². The van der Waals surface area contributed by atoms with Gasteiger partial charge < -0.3 is 4.74 Å². The van der Waals surface area contributed by atoms with Gasteiger partial charge in [0.15, 0.2) is 5.78 Å². The maximum absolute atomic E-state index is 12.3. The summed E-state index contributed by atoms with van der Waals surface area (Å²) in [5.41, 5.74) is 10.3. The zero-order valence-corrected chi connectivity index (χ0v) is 60.9. The normalized spacial score (nSPS) is 12.4. The van der Waals surface area contributed by atoms with Crippen molar-refractivity contribution in [3.63, 3.8) is 0 Å². The van der Waals surface area contributed by atoms with Crippen LogP contribution in [0.1, 0.15) is 109 Å². The Balaban J connectivity index is 0.000000214. The highest BCUT2D eigenvalue weighted by Gasteiger charge is 2.26. The number of hydrogen-bond acceptors (Lipinski definition) is 17. The lowest BCUT2D eigenvalue weighted by Crippen LogP contribution is -2.38. The van der Waals surface area contributed by atoms with Gasteiger partial charge in [-0.1, -0.05) is 187 Å². The molecule has 5 aromatic carbocycles. The van der Waals surface area contributed by atoms with Crippen molar-refractivity contribution in [2.45, 2.75) is 107 Å². The lowest BCUT2D eigenvalue weighted by molar-refractivity contribution is 0.0982. The van der Waals surface area contributed by atoms with Crippen molar-refractivity contribution in [2.24, 2.45) is 76.4 Å². The van der Waals surface area contributed by atoms with Gasteiger partial charge >= 0.3 is 22.8 Å². The molecule has 0 bridgehead atoms. The molecule has 0 fully saturated rings. The number of benzene rings is 5. The quantitative estimate of drug-likeness (QED) is 0.0444. The van der Waals surface area contributed by atoms with Crippen molar-refractivity contribution in [2.75, 3.05) is 17.3 Å². The Kier molecular flexibility index (Phi) is 30.4. The average Bonchev–Trinajstić information content (AvgIpc) is 1.69. The molecule has 0 spiro atoms. The monoisotopic (exact) mass is 1490 g/mol. The predicted octanol–water partition coefficient (Wildman–Crippen LogP) is 13.9. The minimum absolute atomic E-state index is 0. The molecule has 544 valence electrons. The predicted molar refractivity (Wildman–Crippen MR) is 435 cm³/mol. The van der Waals surface area contributed by atoms with Gasteiger partial charge in [-0.05, 0) is 72.1 Å². The maximum Gasteiger partial charge on any atom is 0.332 e. The summed E-state index contributed by atoms with van der Waals surface area (Å²) in [5.74, 6) is 6.87. The Hall–Kier alpha value is -9.14. The molecular formula is C78H94N12O8S5. The minimum Gasteiger partial charge on any atom is -0.489 e. The largest absolute Gasteiger partial charge is 0.489 e. The van der Waals surface area contributed by atoms with Crippen LogP contribution in [0.15, 0.2) is 188 Å². The van der Waals surface area contributed by atoms with Crippen LogP contribution in [0.5, 0.6) is 5.75 Å². The van der Waals surface area contributed by atoms with Gasteiger partial charge in [0.2, 0.25) is 0 Å².